The van der Waals surface area contributed by atoms with Gasteiger partial charge in [0.05, 0.1) is 17.6 Å². The van der Waals surface area contributed by atoms with E-state index in [2.05, 4.69) is 18.8 Å². The zero-order chi connectivity index (χ0) is 26.5. The second-order valence-electron chi connectivity index (χ2n) is 10.4. The van der Waals surface area contributed by atoms with E-state index in [1.165, 1.54) is 6.07 Å². The molecule has 9 heteroatoms. The zero-order valence-electron chi connectivity index (χ0n) is 20.7. The van der Waals surface area contributed by atoms with Gasteiger partial charge in [-0.2, -0.15) is 0 Å². The maximum atomic E-state index is 13.8. The number of aromatic hydroxyl groups is 1. The van der Waals surface area contributed by atoms with Crippen molar-refractivity contribution in [3.8, 4) is 17.6 Å². The summed E-state index contributed by atoms with van der Waals surface area (Å²) in [5.74, 6) is -2.91. The first-order chi connectivity index (χ1) is 17.0. The number of nitrogens with two attached hydrogens (primary N) is 1. The maximum absolute atomic E-state index is 13.8. The number of fused-ring (bicyclic) bond motifs is 3. The predicted octanol–water partition coefficient (Wildman–Crippen LogP) is 0.201. The average molecular weight is 497 g/mol. The maximum Gasteiger partial charge on any atom is 0.230 e. The summed E-state index contributed by atoms with van der Waals surface area (Å²) in [4.78, 5) is 54.3. The van der Waals surface area contributed by atoms with Gasteiger partial charge in [-0.1, -0.05) is 25.2 Å². The normalized spacial score (nSPS) is 33.3. The molecule has 7 atom stereocenters. The minimum absolute atomic E-state index is 0.0205. The number of hydrogen-bond acceptors (Lipinski definition) is 8. The van der Waals surface area contributed by atoms with Crippen molar-refractivity contribution in [2.45, 2.75) is 56.8 Å². The Morgan fingerprint density at radius 2 is 1.92 bits per heavy atom. The monoisotopic (exact) mass is 496 g/mol. The van der Waals surface area contributed by atoms with Gasteiger partial charge < -0.3 is 26.0 Å². The van der Waals surface area contributed by atoms with Crippen LogP contribution >= 0.6 is 0 Å². The third-order valence-corrected chi connectivity index (χ3v) is 8.05. The van der Waals surface area contributed by atoms with Crippen molar-refractivity contribution in [3.05, 3.63) is 28.8 Å². The standard InChI is InChI=1S/C27H32N2O7/c1-4-5-6-7-8-13-9-10-17(30)19-15(13)11-14-12-16-21(29(2)3)23(32)20(26(28)35)25(34)27(16,36)24(33)18(14)22(19)31/h9-10,14,16,18,20-21,23,30,32,36H,4-6,11-12H2,1-3H3,(H2,28,35)/t14-,16-,18?,20?,21-,23?,27-/m1/s1. The van der Waals surface area contributed by atoms with Crippen LogP contribution in [0.4, 0.5) is 0 Å². The van der Waals surface area contributed by atoms with E-state index in [-0.39, 0.29) is 24.2 Å². The molecule has 0 bridgehead atoms. The number of nitrogens with zero attached hydrogens (tertiary/aromatic N) is 1. The van der Waals surface area contributed by atoms with Gasteiger partial charge in [-0.3, -0.25) is 19.2 Å². The molecule has 0 aliphatic heterocycles. The Morgan fingerprint density at radius 3 is 2.53 bits per heavy atom. The summed E-state index contributed by atoms with van der Waals surface area (Å²) in [6, 6.07) is 2.08. The van der Waals surface area contributed by atoms with Crippen LogP contribution in [0.15, 0.2) is 12.1 Å². The lowest BCUT2D eigenvalue weighted by atomic mass is 9.52. The molecule has 192 valence electrons. The molecular formula is C27H32N2O7. The number of carbonyl (C=O) groups is 4. The van der Waals surface area contributed by atoms with Crippen LogP contribution in [0.5, 0.6) is 5.75 Å². The zero-order valence-corrected chi connectivity index (χ0v) is 20.7. The smallest absolute Gasteiger partial charge is 0.230 e. The van der Waals surface area contributed by atoms with E-state index in [4.69, 9.17) is 5.73 Å². The fraction of sp³-hybridized carbons (Fsp3) is 0.556. The van der Waals surface area contributed by atoms with Crippen LogP contribution in [-0.4, -0.2) is 75.3 Å². The van der Waals surface area contributed by atoms with E-state index in [0.29, 0.717) is 17.5 Å². The summed E-state index contributed by atoms with van der Waals surface area (Å²) in [7, 11) is 3.23. The SMILES string of the molecule is CCCCC#Cc1ccc(O)c2c1C[C@@H]1C[C@@H]3[C@@H](N(C)C)C(O)C(C(N)=O)C(=O)[C@]3(O)C(=O)C1C2=O. The summed E-state index contributed by atoms with van der Waals surface area (Å²) in [6.07, 6.45) is 1.40. The Balaban J connectivity index is 1.82. The molecule has 0 spiro atoms. The average Bonchev–Trinajstić information content (AvgIpc) is 2.80. The van der Waals surface area contributed by atoms with E-state index in [0.717, 1.165) is 12.8 Å². The van der Waals surface area contributed by atoms with Crippen molar-refractivity contribution in [1.82, 2.24) is 4.90 Å². The second-order valence-corrected chi connectivity index (χ2v) is 10.4. The van der Waals surface area contributed by atoms with Crippen LogP contribution in [0.1, 0.15) is 54.1 Å². The molecule has 4 rings (SSSR count). The highest BCUT2D eigenvalue weighted by molar-refractivity contribution is 6.25. The number of aliphatic hydroxyl groups excluding tert-OH is 1. The van der Waals surface area contributed by atoms with Gasteiger partial charge in [0.2, 0.25) is 5.91 Å². The quantitative estimate of drug-likeness (QED) is 0.261. The van der Waals surface area contributed by atoms with E-state index in [9.17, 15) is 34.5 Å². The van der Waals surface area contributed by atoms with Crippen LogP contribution in [0, 0.1) is 35.5 Å². The first-order valence-corrected chi connectivity index (χ1v) is 12.3. The number of hydrogen-bond donors (Lipinski definition) is 4. The molecule has 1 aromatic carbocycles. The summed E-state index contributed by atoms with van der Waals surface area (Å²) < 4.78 is 0. The van der Waals surface area contributed by atoms with Gasteiger partial charge in [0.25, 0.3) is 0 Å². The molecule has 3 aliphatic rings. The third-order valence-electron chi connectivity index (χ3n) is 8.05. The van der Waals surface area contributed by atoms with Gasteiger partial charge in [0, 0.05) is 23.9 Å². The first kappa shape index (κ1) is 26.0. The number of aliphatic hydroxyl groups is 2. The Bertz CT molecular complexity index is 1200. The third kappa shape index (κ3) is 3.76. The van der Waals surface area contributed by atoms with Gasteiger partial charge in [-0.05, 0) is 57.0 Å². The lowest BCUT2D eigenvalue weighted by molar-refractivity contribution is -0.190. The van der Waals surface area contributed by atoms with Gasteiger partial charge >= 0.3 is 0 Å². The Kier molecular flexibility index (Phi) is 6.82. The number of benzene rings is 1. The minimum atomic E-state index is -2.66. The molecule has 2 saturated carbocycles. The van der Waals surface area contributed by atoms with Crippen molar-refractivity contribution in [3.63, 3.8) is 0 Å². The molecule has 1 aromatic rings. The lowest BCUT2D eigenvalue weighted by Crippen LogP contribution is -2.75. The summed E-state index contributed by atoms with van der Waals surface area (Å²) in [5.41, 5.74) is 3.84. The van der Waals surface area contributed by atoms with Crippen molar-refractivity contribution in [2.75, 3.05) is 14.1 Å². The molecule has 0 radical (unpaired) electrons. The van der Waals surface area contributed by atoms with Crippen LogP contribution < -0.4 is 5.73 Å². The number of carbonyl (C=O) groups excluding carboxylic acids is 4. The fourth-order valence-corrected chi connectivity index (χ4v) is 6.36. The number of likely N-dealkylation sites (N-methyl/N-ethyl adjacent to an activating group) is 1. The number of amides is 1. The van der Waals surface area contributed by atoms with E-state index in [1.807, 2.05) is 0 Å². The number of phenolic OH excluding ortho intramolecular Hbond substituents is 1. The second kappa shape index (κ2) is 9.43. The summed E-state index contributed by atoms with van der Waals surface area (Å²) in [5, 5.41) is 33.0. The van der Waals surface area contributed by atoms with Crippen molar-refractivity contribution >= 4 is 23.3 Å². The number of phenols is 1. The van der Waals surface area contributed by atoms with Gasteiger partial charge in [0.1, 0.15) is 11.7 Å². The van der Waals surface area contributed by atoms with E-state index < -0.39 is 64.7 Å². The highest BCUT2D eigenvalue weighted by Crippen LogP contribution is 2.51. The lowest BCUT2D eigenvalue weighted by Gasteiger charge is -2.54. The van der Waals surface area contributed by atoms with Crippen molar-refractivity contribution in [1.29, 1.82) is 0 Å². The molecule has 9 nitrogen and oxygen atoms in total. The van der Waals surface area contributed by atoms with Gasteiger partial charge in [-0.25, -0.2) is 0 Å². The number of primary amides is 1. The molecule has 2 fully saturated rings. The van der Waals surface area contributed by atoms with Crippen molar-refractivity contribution in [2.24, 2.45) is 29.4 Å². The van der Waals surface area contributed by atoms with Crippen LogP contribution in [-0.2, 0) is 20.8 Å². The van der Waals surface area contributed by atoms with E-state index >= 15 is 0 Å². The molecule has 5 N–H and O–H groups in total. The molecule has 0 heterocycles. The molecule has 3 aliphatic carbocycles. The molecule has 36 heavy (non-hydrogen) atoms. The Labute approximate surface area is 209 Å². The number of rotatable bonds is 4. The molecule has 3 unspecified atom stereocenters. The number of Topliss-reactive ketones (excluding diaryl/α,β-unsaturated/α-hetero) is 3. The number of ketones is 3. The molecule has 0 aromatic heterocycles. The molecule has 1 amide bonds. The van der Waals surface area contributed by atoms with Crippen LogP contribution in [0.3, 0.4) is 0 Å². The highest BCUT2D eigenvalue weighted by atomic mass is 16.3. The Hall–Kier alpha value is -3.06. The summed E-state index contributed by atoms with van der Waals surface area (Å²) in [6.45, 7) is 2.06. The van der Waals surface area contributed by atoms with Gasteiger partial charge in [0.15, 0.2) is 23.0 Å². The predicted molar refractivity (Wildman–Crippen MR) is 129 cm³/mol. The number of unbranched alkanes of at least 4 members (excludes halogenated alkanes) is 2. The van der Waals surface area contributed by atoms with Gasteiger partial charge in [-0.15, -0.1) is 0 Å². The summed E-state index contributed by atoms with van der Waals surface area (Å²) >= 11 is 0. The topological polar surface area (TPSA) is 158 Å². The minimum Gasteiger partial charge on any atom is -0.507 e. The van der Waals surface area contributed by atoms with Crippen LogP contribution in [0.25, 0.3) is 0 Å². The van der Waals surface area contributed by atoms with E-state index in [1.54, 1.807) is 25.1 Å². The fourth-order valence-electron chi connectivity index (χ4n) is 6.36. The molecular weight excluding hydrogens is 464 g/mol. The van der Waals surface area contributed by atoms with Crippen molar-refractivity contribution < 1.29 is 34.5 Å². The largest absolute Gasteiger partial charge is 0.507 e. The Morgan fingerprint density at radius 1 is 1.22 bits per heavy atom. The first-order valence-electron chi connectivity index (χ1n) is 12.3. The molecule has 0 saturated heterocycles. The highest BCUT2D eigenvalue weighted by Gasteiger charge is 2.69. The van der Waals surface area contributed by atoms with Crippen LogP contribution in [0.2, 0.25) is 0 Å².